The van der Waals surface area contributed by atoms with Crippen molar-refractivity contribution in [2.45, 2.75) is 233 Å². The number of carbonyl (C=O) groups excluding carboxylic acids is 1. The highest BCUT2D eigenvalue weighted by molar-refractivity contribution is 5.78. The SMILES string of the molecule is C=C(CCCCCCCCC)CCCCCCCCCC.CCCCCCCCCC(=O)CCCCCCCC. The fourth-order valence-electron chi connectivity index (χ4n) is 5.47. The predicted octanol–water partition coefficient (Wildman–Crippen LogP) is 14.7. The van der Waals surface area contributed by atoms with Crippen LogP contribution in [0.5, 0.6) is 0 Å². The predicted molar refractivity (Wildman–Crippen MR) is 185 cm³/mol. The van der Waals surface area contributed by atoms with E-state index in [1.807, 2.05) is 0 Å². The van der Waals surface area contributed by atoms with Crippen molar-refractivity contribution in [3.63, 3.8) is 0 Å². The van der Waals surface area contributed by atoms with Gasteiger partial charge in [-0.05, 0) is 38.5 Å². The molecule has 0 bridgehead atoms. The molecule has 0 aromatic carbocycles. The van der Waals surface area contributed by atoms with Crippen molar-refractivity contribution >= 4 is 5.78 Å². The molecule has 0 fully saturated rings. The van der Waals surface area contributed by atoms with Gasteiger partial charge in [-0.2, -0.15) is 0 Å². The van der Waals surface area contributed by atoms with Crippen LogP contribution in [0.1, 0.15) is 233 Å². The number of unbranched alkanes of at least 4 members (excludes halogenated alkanes) is 24. The van der Waals surface area contributed by atoms with Gasteiger partial charge in [0.15, 0.2) is 0 Å². The topological polar surface area (TPSA) is 17.1 Å². The zero-order valence-electron chi connectivity index (χ0n) is 28.7. The first kappa shape index (κ1) is 41.5. The number of rotatable bonds is 32. The van der Waals surface area contributed by atoms with Crippen molar-refractivity contribution in [3.8, 4) is 0 Å². The highest BCUT2D eigenvalue weighted by atomic mass is 16.1. The lowest BCUT2D eigenvalue weighted by atomic mass is 10.0. The van der Waals surface area contributed by atoms with Gasteiger partial charge in [-0.3, -0.25) is 4.79 Å². The van der Waals surface area contributed by atoms with E-state index in [1.54, 1.807) is 0 Å². The standard InChI is InChI=1S/C21H42.C18H36O/c1-4-6-8-10-12-14-16-18-20-21(3)19-17-15-13-11-9-7-5-2;1-3-5-7-9-11-13-15-17-18(19)16-14-12-10-8-6-4-2/h3-20H2,1-2H3;3-17H2,1-2H3. The van der Waals surface area contributed by atoms with Crippen LogP contribution in [0.15, 0.2) is 12.2 Å². The third kappa shape index (κ3) is 39.6. The summed E-state index contributed by atoms with van der Waals surface area (Å²) in [5, 5.41) is 0. The molecule has 0 saturated carbocycles. The van der Waals surface area contributed by atoms with Crippen molar-refractivity contribution in [1.82, 2.24) is 0 Å². The number of hydrogen-bond donors (Lipinski definition) is 0. The average molecular weight is 563 g/mol. The van der Waals surface area contributed by atoms with Crippen LogP contribution < -0.4 is 0 Å². The van der Waals surface area contributed by atoms with E-state index in [0.717, 1.165) is 25.7 Å². The lowest BCUT2D eigenvalue weighted by Crippen LogP contribution is -1.97. The highest BCUT2D eigenvalue weighted by Gasteiger charge is 2.02. The van der Waals surface area contributed by atoms with E-state index in [-0.39, 0.29) is 0 Å². The summed E-state index contributed by atoms with van der Waals surface area (Å²) < 4.78 is 0. The molecular formula is C39H78O. The van der Waals surface area contributed by atoms with Crippen LogP contribution in [0.3, 0.4) is 0 Å². The smallest absolute Gasteiger partial charge is 0.132 e. The molecule has 0 aliphatic carbocycles. The Kier molecular flexibility index (Phi) is 39.9. The van der Waals surface area contributed by atoms with Crippen LogP contribution in [0.4, 0.5) is 0 Å². The summed E-state index contributed by atoms with van der Waals surface area (Å²) in [6.45, 7) is 13.3. The molecule has 0 rings (SSSR count). The van der Waals surface area contributed by atoms with Crippen LogP contribution in [0.2, 0.25) is 0 Å². The van der Waals surface area contributed by atoms with E-state index in [0.29, 0.717) is 5.78 Å². The van der Waals surface area contributed by atoms with E-state index >= 15 is 0 Å². The number of allylic oxidation sites excluding steroid dienone is 1. The Morgan fingerprint density at radius 1 is 0.325 bits per heavy atom. The molecule has 0 aromatic heterocycles. The first-order valence-electron chi connectivity index (χ1n) is 18.8. The van der Waals surface area contributed by atoms with Gasteiger partial charge in [0, 0.05) is 12.8 Å². The minimum atomic E-state index is 0.504. The summed E-state index contributed by atoms with van der Waals surface area (Å²) in [6, 6.07) is 0. The maximum atomic E-state index is 11.7. The Balaban J connectivity index is 0. The van der Waals surface area contributed by atoms with Gasteiger partial charge in [-0.15, -0.1) is 0 Å². The van der Waals surface area contributed by atoms with Crippen molar-refractivity contribution in [2.24, 2.45) is 0 Å². The molecular weight excluding hydrogens is 484 g/mol. The molecule has 0 atom stereocenters. The van der Waals surface area contributed by atoms with E-state index in [9.17, 15) is 4.79 Å². The summed E-state index contributed by atoms with van der Waals surface area (Å²) >= 11 is 0. The van der Waals surface area contributed by atoms with Gasteiger partial charge < -0.3 is 0 Å². The van der Waals surface area contributed by atoms with Gasteiger partial charge in [0.25, 0.3) is 0 Å². The van der Waals surface area contributed by atoms with E-state index in [1.165, 1.54) is 185 Å². The summed E-state index contributed by atoms with van der Waals surface area (Å²) in [5.74, 6) is 0.504. The van der Waals surface area contributed by atoms with Crippen LogP contribution in [0.25, 0.3) is 0 Å². The molecule has 0 aliphatic rings. The second-order valence-corrected chi connectivity index (χ2v) is 12.8. The number of carbonyl (C=O) groups is 1. The summed E-state index contributed by atoms with van der Waals surface area (Å²) in [6.07, 6.45) is 42.3. The molecule has 1 nitrogen and oxygen atoms in total. The Bertz CT molecular complexity index is 479. The maximum Gasteiger partial charge on any atom is 0.132 e. The second kappa shape index (κ2) is 38.4. The van der Waals surface area contributed by atoms with Crippen LogP contribution in [0, 0.1) is 0 Å². The molecule has 0 heterocycles. The highest BCUT2D eigenvalue weighted by Crippen LogP contribution is 2.17. The third-order valence-electron chi connectivity index (χ3n) is 8.39. The van der Waals surface area contributed by atoms with Crippen LogP contribution in [-0.2, 0) is 4.79 Å². The Morgan fingerprint density at radius 2 is 0.525 bits per heavy atom. The zero-order valence-corrected chi connectivity index (χ0v) is 28.7. The molecule has 1 heteroatoms. The van der Waals surface area contributed by atoms with Crippen LogP contribution in [-0.4, -0.2) is 5.78 Å². The second-order valence-electron chi connectivity index (χ2n) is 12.8. The van der Waals surface area contributed by atoms with Gasteiger partial charge >= 0.3 is 0 Å². The zero-order chi connectivity index (χ0) is 29.8. The minimum Gasteiger partial charge on any atom is -0.300 e. The third-order valence-corrected chi connectivity index (χ3v) is 8.39. The Labute approximate surface area is 255 Å². The fraction of sp³-hybridized carbons (Fsp3) is 0.923. The molecule has 0 aromatic rings. The normalized spacial score (nSPS) is 10.9. The molecule has 0 radical (unpaired) electrons. The molecule has 0 unspecified atom stereocenters. The molecule has 0 aliphatic heterocycles. The van der Waals surface area contributed by atoms with E-state index in [4.69, 9.17) is 0 Å². The summed E-state index contributed by atoms with van der Waals surface area (Å²) in [7, 11) is 0. The largest absolute Gasteiger partial charge is 0.300 e. The van der Waals surface area contributed by atoms with Gasteiger partial charge in [0.2, 0.25) is 0 Å². The number of Topliss-reactive ketones (excluding diaryl/α,β-unsaturated/α-hetero) is 1. The molecule has 0 saturated heterocycles. The fourth-order valence-corrected chi connectivity index (χ4v) is 5.47. The van der Waals surface area contributed by atoms with Gasteiger partial charge in [0.1, 0.15) is 5.78 Å². The number of hydrogen-bond acceptors (Lipinski definition) is 1. The van der Waals surface area contributed by atoms with Crippen molar-refractivity contribution < 1.29 is 4.79 Å². The molecule has 40 heavy (non-hydrogen) atoms. The molecule has 0 N–H and O–H groups in total. The van der Waals surface area contributed by atoms with Crippen molar-refractivity contribution in [3.05, 3.63) is 12.2 Å². The molecule has 0 spiro atoms. The van der Waals surface area contributed by atoms with Crippen molar-refractivity contribution in [2.75, 3.05) is 0 Å². The molecule has 0 amide bonds. The van der Waals surface area contributed by atoms with Crippen LogP contribution >= 0.6 is 0 Å². The van der Waals surface area contributed by atoms with E-state index < -0.39 is 0 Å². The summed E-state index contributed by atoms with van der Waals surface area (Å²) in [5.41, 5.74) is 1.51. The first-order valence-corrected chi connectivity index (χ1v) is 18.8. The minimum absolute atomic E-state index is 0.504. The van der Waals surface area contributed by atoms with Gasteiger partial charge in [-0.1, -0.05) is 194 Å². The lowest BCUT2D eigenvalue weighted by Gasteiger charge is -2.06. The Morgan fingerprint density at radius 3 is 0.775 bits per heavy atom. The Hall–Kier alpha value is -0.590. The lowest BCUT2D eigenvalue weighted by molar-refractivity contribution is -0.119. The van der Waals surface area contributed by atoms with Crippen molar-refractivity contribution in [1.29, 1.82) is 0 Å². The number of ketones is 1. The molecule has 240 valence electrons. The quantitative estimate of drug-likeness (QED) is 0.0588. The maximum absolute atomic E-state index is 11.7. The summed E-state index contributed by atoms with van der Waals surface area (Å²) in [4.78, 5) is 11.7. The first-order chi connectivity index (χ1) is 19.6. The van der Waals surface area contributed by atoms with Gasteiger partial charge in [0.05, 0.1) is 0 Å². The van der Waals surface area contributed by atoms with E-state index in [2.05, 4.69) is 34.3 Å². The van der Waals surface area contributed by atoms with Gasteiger partial charge in [-0.25, -0.2) is 0 Å². The average Bonchev–Trinajstić information content (AvgIpc) is 2.95. The monoisotopic (exact) mass is 563 g/mol.